The number of aromatic nitrogens is 2. The van der Waals surface area contributed by atoms with Crippen molar-refractivity contribution in [1.82, 2.24) is 9.78 Å². The molecule has 4 aromatic rings. The van der Waals surface area contributed by atoms with E-state index >= 15 is 0 Å². The van der Waals surface area contributed by atoms with Crippen molar-refractivity contribution in [2.45, 2.75) is 6.61 Å². The minimum absolute atomic E-state index is 0.531. The molecule has 0 atom stereocenters. The van der Waals surface area contributed by atoms with Crippen molar-refractivity contribution >= 4 is 10.8 Å². The Hall–Kier alpha value is -3.07. The highest BCUT2D eigenvalue weighted by atomic mass is 16.5. The van der Waals surface area contributed by atoms with Gasteiger partial charge in [-0.2, -0.15) is 5.10 Å². The van der Waals surface area contributed by atoms with E-state index in [-0.39, 0.29) is 0 Å². The molecule has 0 aliphatic heterocycles. The molecule has 112 valence electrons. The number of benzene rings is 3. The van der Waals surface area contributed by atoms with E-state index in [1.807, 2.05) is 47.3 Å². The highest BCUT2D eigenvalue weighted by molar-refractivity contribution is 5.91. The van der Waals surface area contributed by atoms with Crippen LogP contribution >= 0.6 is 0 Å². The molecule has 3 nitrogen and oxygen atoms in total. The van der Waals surface area contributed by atoms with Gasteiger partial charge in [0, 0.05) is 17.8 Å². The lowest BCUT2D eigenvalue weighted by atomic mass is 10.1. The largest absolute Gasteiger partial charge is 0.486 e. The molecule has 0 saturated heterocycles. The highest BCUT2D eigenvalue weighted by Gasteiger charge is 2.11. The Kier molecular flexibility index (Phi) is 3.53. The van der Waals surface area contributed by atoms with Crippen molar-refractivity contribution in [1.29, 1.82) is 0 Å². The maximum atomic E-state index is 6.20. The van der Waals surface area contributed by atoms with Crippen LogP contribution in [0.1, 0.15) is 5.56 Å². The first kappa shape index (κ1) is 13.6. The molecule has 0 radical (unpaired) electrons. The van der Waals surface area contributed by atoms with Crippen LogP contribution in [0.4, 0.5) is 0 Å². The van der Waals surface area contributed by atoms with E-state index in [1.54, 1.807) is 6.20 Å². The van der Waals surface area contributed by atoms with Gasteiger partial charge in [0.2, 0.25) is 0 Å². The van der Waals surface area contributed by atoms with E-state index in [0.717, 1.165) is 27.8 Å². The van der Waals surface area contributed by atoms with E-state index in [9.17, 15) is 0 Å². The predicted octanol–water partition coefficient (Wildman–Crippen LogP) is 4.60. The summed E-state index contributed by atoms with van der Waals surface area (Å²) in [5.41, 5.74) is 2.09. The van der Waals surface area contributed by atoms with Crippen molar-refractivity contribution in [3.8, 4) is 11.4 Å². The van der Waals surface area contributed by atoms with E-state index in [0.29, 0.717) is 6.61 Å². The third-order valence-corrected chi connectivity index (χ3v) is 3.84. The quantitative estimate of drug-likeness (QED) is 0.550. The van der Waals surface area contributed by atoms with Gasteiger partial charge in [-0.25, -0.2) is 4.68 Å². The topological polar surface area (TPSA) is 27.1 Å². The van der Waals surface area contributed by atoms with Gasteiger partial charge in [-0.05, 0) is 23.1 Å². The van der Waals surface area contributed by atoms with E-state index in [2.05, 4.69) is 41.5 Å². The van der Waals surface area contributed by atoms with Crippen molar-refractivity contribution in [3.05, 3.63) is 90.8 Å². The van der Waals surface area contributed by atoms with Gasteiger partial charge in [-0.15, -0.1) is 0 Å². The van der Waals surface area contributed by atoms with Crippen LogP contribution in [0.15, 0.2) is 85.2 Å². The van der Waals surface area contributed by atoms with Crippen molar-refractivity contribution < 1.29 is 4.74 Å². The summed E-state index contributed by atoms with van der Waals surface area (Å²) in [6.45, 7) is 0.531. The van der Waals surface area contributed by atoms with Crippen LogP contribution in [0, 0.1) is 0 Å². The molecule has 23 heavy (non-hydrogen) atoms. The Morgan fingerprint density at radius 1 is 0.826 bits per heavy atom. The molecule has 0 aliphatic rings. The Balaban J connectivity index is 1.80. The van der Waals surface area contributed by atoms with Crippen molar-refractivity contribution in [2.75, 3.05) is 0 Å². The first-order chi connectivity index (χ1) is 11.4. The Morgan fingerprint density at radius 3 is 2.48 bits per heavy atom. The average molecular weight is 300 g/mol. The van der Waals surface area contributed by atoms with Gasteiger partial charge in [-0.1, -0.05) is 60.7 Å². The summed E-state index contributed by atoms with van der Waals surface area (Å²) in [6, 6.07) is 24.5. The number of fused-ring (bicyclic) bond motifs is 1. The minimum atomic E-state index is 0.531. The molecule has 0 amide bonds. The highest BCUT2D eigenvalue weighted by Crippen LogP contribution is 2.32. The SMILES string of the molecule is c1ccc(COc2c(-n3cccn3)ccc3ccccc23)cc1. The fraction of sp³-hybridized carbons (Fsp3) is 0.0500. The molecule has 4 rings (SSSR count). The van der Waals surface area contributed by atoms with Gasteiger partial charge in [0.15, 0.2) is 5.75 Å². The molecular formula is C20H16N2O. The normalized spacial score (nSPS) is 10.8. The second kappa shape index (κ2) is 5.97. The fourth-order valence-corrected chi connectivity index (χ4v) is 2.70. The van der Waals surface area contributed by atoms with Crippen LogP contribution < -0.4 is 4.74 Å². The smallest absolute Gasteiger partial charge is 0.153 e. The van der Waals surface area contributed by atoms with Gasteiger partial charge in [0.1, 0.15) is 12.3 Å². The third-order valence-electron chi connectivity index (χ3n) is 3.84. The lowest BCUT2D eigenvalue weighted by Gasteiger charge is -2.14. The zero-order valence-corrected chi connectivity index (χ0v) is 12.6. The molecule has 3 aromatic carbocycles. The number of ether oxygens (including phenoxy) is 1. The first-order valence-corrected chi connectivity index (χ1v) is 7.60. The summed E-state index contributed by atoms with van der Waals surface area (Å²) in [4.78, 5) is 0. The van der Waals surface area contributed by atoms with Gasteiger partial charge < -0.3 is 4.74 Å². The second-order valence-electron chi connectivity index (χ2n) is 5.36. The summed E-state index contributed by atoms with van der Waals surface area (Å²) in [7, 11) is 0. The van der Waals surface area contributed by atoms with Gasteiger partial charge in [0.05, 0.1) is 0 Å². The third kappa shape index (κ3) is 2.69. The molecule has 0 aliphatic carbocycles. The van der Waals surface area contributed by atoms with Gasteiger partial charge >= 0.3 is 0 Å². The maximum absolute atomic E-state index is 6.20. The summed E-state index contributed by atoms with van der Waals surface area (Å²) >= 11 is 0. The number of rotatable bonds is 4. The zero-order valence-electron chi connectivity index (χ0n) is 12.6. The minimum Gasteiger partial charge on any atom is -0.486 e. The molecule has 3 heteroatoms. The van der Waals surface area contributed by atoms with Crippen LogP contribution in [0.25, 0.3) is 16.5 Å². The van der Waals surface area contributed by atoms with E-state index in [4.69, 9.17) is 4.74 Å². The summed E-state index contributed by atoms with van der Waals surface area (Å²) in [5.74, 6) is 0.857. The zero-order chi connectivity index (χ0) is 15.5. The molecule has 1 aromatic heterocycles. The summed E-state index contributed by atoms with van der Waals surface area (Å²) in [6.07, 6.45) is 3.70. The van der Waals surface area contributed by atoms with Crippen LogP contribution in [-0.2, 0) is 6.61 Å². The maximum Gasteiger partial charge on any atom is 0.153 e. The number of hydrogen-bond donors (Lipinski definition) is 0. The first-order valence-electron chi connectivity index (χ1n) is 7.60. The average Bonchev–Trinajstić information content (AvgIpc) is 3.15. The lowest BCUT2D eigenvalue weighted by molar-refractivity contribution is 0.308. The molecular weight excluding hydrogens is 284 g/mol. The molecule has 0 unspecified atom stereocenters. The molecule has 0 N–H and O–H groups in total. The fourth-order valence-electron chi connectivity index (χ4n) is 2.70. The lowest BCUT2D eigenvalue weighted by Crippen LogP contribution is -2.02. The Labute approximate surface area is 134 Å². The monoisotopic (exact) mass is 300 g/mol. The Bertz CT molecular complexity index is 915. The van der Waals surface area contributed by atoms with Crippen LogP contribution in [0.5, 0.6) is 5.75 Å². The number of hydrogen-bond acceptors (Lipinski definition) is 2. The molecule has 0 fully saturated rings. The summed E-state index contributed by atoms with van der Waals surface area (Å²) in [5, 5.41) is 6.60. The van der Waals surface area contributed by atoms with Crippen LogP contribution in [0.2, 0.25) is 0 Å². The molecule has 1 heterocycles. The van der Waals surface area contributed by atoms with Crippen LogP contribution in [0.3, 0.4) is 0 Å². The van der Waals surface area contributed by atoms with Crippen LogP contribution in [-0.4, -0.2) is 9.78 Å². The van der Waals surface area contributed by atoms with Gasteiger partial charge in [0.25, 0.3) is 0 Å². The second-order valence-corrected chi connectivity index (χ2v) is 5.36. The van der Waals surface area contributed by atoms with E-state index in [1.165, 1.54) is 0 Å². The van der Waals surface area contributed by atoms with E-state index < -0.39 is 0 Å². The van der Waals surface area contributed by atoms with Crippen molar-refractivity contribution in [3.63, 3.8) is 0 Å². The van der Waals surface area contributed by atoms with Gasteiger partial charge in [-0.3, -0.25) is 0 Å². The summed E-state index contributed by atoms with van der Waals surface area (Å²) < 4.78 is 8.04. The standard InChI is InChI=1S/C20H16N2O/c1-2-7-16(8-3-1)15-23-20-18-10-5-4-9-17(18)11-12-19(20)22-14-6-13-21-22/h1-14H,15H2. The number of nitrogens with zero attached hydrogens (tertiary/aromatic N) is 2. The molecule has 0 saturated carbocycles. The molecule has 0 bridgehead atoms. The van der Waals surface area contributed by atoms with Crippen molar-refractivity contribution in [2.24, 2.45) is 0 Å². The predicted molar refractivity (Wildman–Crippen MR) is 91.8 cm³/mol. The Morgan fingerprint density at radius 2 is 1.65 bits per heavy atom. The molecule has 0 spiro atoms.